The summed E-state index contributed by atoms with van der Waals surface area (Å²) in [5.41, 5.74) is 1.36. The van der Waals surface area contributed by atoms with E-state index < -0.39 is 0 Å². The Morgan fingerprint density at radius 1 is 1.40 bits per heavy atom. The quantitative estimate of drug-likeness (QED) is 0.826. The van der Waals surface area contributed by atoms with Gasteiger partial charge in [0.15, 0.2) is 0 Å². The number of hydrogen-bond donors (Lipinski definition) is 1. The second-order valence-electron chi connectivity index (χ2n) is 4.03. The first kappa shape index (κ1) is 10.8. The van der Waals surface area contributed by atoms with Crippen molar-refractivity contribution in [1.29, 1.82) is 0 Å². The molecule has 1 aliphatic rings. The third kappa shape index (κ3) is 1.99. The van der Waals surface area contributed by atoms with Crippen LogP contribution >= 0.6 is 11.8 Å². The van der Waals surface area contributed by atoms with Crippen molar-refractivity contribution in [3.8, 4) is 0 Å². The summed E-state index contributed by atoms with van der Waals surface area (Å²) in [5.74, 6) is 0. The molecule has 0 saturated carbocycles. The number of benzene rings is 1. The fourth-order valence-electron chi connectivity index (χ4n) is 1.99. The van der Waals surface area contributed by atoms with Gasteiger partial charge in [-0.15, -0.1) is 11.8 Å². The largest absolute Gasteiger partial charge is 0.370 e. The van der Waals surface area contributed by atoms with E-state index in [2.05, 4.69) is 48.5 Å². The van der Waals surface area contributed by atoms with E-state index in [-0.39, 0.29) is 0 Å². The maximum atomic E-state index is 3.27. The normalized spacial score (nSPS) is 25.1. The zero-order valence-electron chi connectivity index (χ0n) is 9.53. The monoisotopic (exact) mass is 222 g/mol. The van der Waals surface area contributed by atoms with Gasteiger partial charge in [0.25, 0.3) is 0 Å². The second-order valence-corrected chi connectivity index (χ2v) is 5.31. The van der Waals surface area contributed by atoms with Gasteiger partial charge >= 0.3 is 0 Å². The van der Waals surface area contributed by atoms with Crippen molar-refractivity contribution >= 4 is 17.4 Å². The van der Waals surface area contributed by atoms with Crippen LogP contribution in [0.4, 0.5) is 5.69 Å². The molecule has 2 atom stereocenters. The van der Waals surface area contributed by atoms with Crippen molar-refractivity contribution in [2.24, 2.45) is 0 Å². The average molecular weight is 222 g/mol. The molecule has 2 rings (SSSR count). The second kappa shape index (κ2) is 4.45. The molecule has 1 aliphatic heterocycles. The van der Waals surface area contributed by atoms with Gasteiger partial charge in [-0.05, 0) is 26.1 Å². The molecule has 82 valence electrons. The molecule has 1 N–H and O–H groups in total. The van der Waals surface area contributed by atoms with Gasteiger partial charge in [0.1, 0.15) is 0 Å². The van der Waals surface area contributed by atoms with E-state index in [1.165, 1.54) is 10.6 Å². The zero-order valence-corrected chi connectivity index (χ0v) is 10.3. The molecule has 2 unspecified atom stereocenters. The summed E-state index contributed by atoms with van der Waals surface area (Å²) in [7, 11) is 4.21. The van der Waals surface area contributed by atoms with Crippen LogP contribution in [0.2, 0.25) is 0 Å². The molecule has 0 aliphatic carbocycles. The summed E-state index contributed by atoms with van der Waals surface area (Å²) < 4.78 is 0. The molecule has 0 radical (unpaired) electrons. The lowest BCUT2D eigenvalue weighted by atomic mass is 10.1. The third-order valence-electron chi connectivity index (χ3n) is 3.08. The highest BCUT2D eigenvalue weighted by atomic mass is 32.2. The fourth-order valence-corrected chi connectivity index (χ4v) is 3.44. The fraction of sp³-hybridized carbons (Fsp3) is 0.500. The number of anilines is 1. The van der Waals surface area contributed by atoms with Crippen LogP contribution in [0.5, 0.6) is 0 Å². The average Bonchev–Trinajstić information content (AvgIpc) is 2.26. The SMILES string of the molecule is CNCC1Sc2ccccc2N(C)C1C. The highest BCUT2D eigenvalue weighted by molar-refractivity contribution is 8.00. The Bertz CT molecular complexity index is 340. The van der Waals surface area contributed by atoms with Crippen LogP contribution in [-0.2, 0) is 0 Å². The lowest BCUT2D eigenvalue weighted by Crippen LogP contribution is -2.44. The molecular weight excluding hydrogens is 204 g/mol. The van der Waals surface area contributed by atoms with E-state index in [9.17, 15) is 0 Å². The predicted molar refractivity (Wildman–Crippen MR) is 67.9 cm³/mol. The molecule has 15 heavy (non-hydrogen) atoms. The smallest absolute Gasteiger partial charge is 0.0504 e. The van der Waals surface area contributed by atoms with Crippen LogP contribution in [0.1, 0.15) is 6.92 Å². The van der Waals surface area contributed by atoms with Crippen molar-refractivity contribution in [3.63, 3.8) is 0 Å². The molecule has 0 spiro atoms. The van der Waals surface area contributed by atoms with Gasteiger partial charge in [0, 0.05) is 29.8 Å². The van der Waals surface area contributed by atoms with Crippen LogP contribution < -0.4 is 10.2 Å². The Kier molecular flexibility index (Phi) is 3.22. The molecule has 0 aromatic heterocycles. The van der Waals surface area contributed by atoms with E-state index in [1.54, 1.807) is 0 Å². The molecule has 0 saturated heterocycles. The Morgan fingerprint density at radius 2 is 2.13 bits per heavy atom. The Morgan fingerprint density at radius 3 is 2.87 bits per heavy atom. The Balaban J connectivity index is 2.28. The highest BCUT2D eigenvalue weighted by Crippen LogP contribution is 2.40. The first-order chi connectivity index (χ1) is 7.24. The molecule has 0 fully saturated rings. The summed E-state index contributed by atoms with van der Waals surface area (Å²) >= 11 is 1.99. The third-order valence-corrected chi connectivity index (χ3v) is 4.54. The van der Waals surface area contributed by atoms with Gasteiger partial charge < -0.3 is 10.2 Å². The van der Waals surface area contributed by atoms with E-state index in [4.69, 9.17) is 0 Å². The van der Waals surface area contributed by atoms with Gasteiger partial charge in [0.05, 0.1) is 5.69 Å². The number of nitrogens with zero attached hydrogens (tertiary/aromatic N) is 1. The minimum absolute atomic E-state index is 0.581. The van der Waals surface area contributed by atoms with Crippen LogP contribution in [0.25, 0.3) is 0 Å². The van der Waals surface area contributed by atoms with Crippen molar-refractivity contribution < 1.29 is 0 Å². The highest BCUT2D eigenvalue weighted by Gasteiger charge is 2.28. The minimum Gasteiger partial charge on any atom is -0.370 e. The van der Waals surface area contributed by atoms with E-state index in [0.29, 0.717) is 11.3 Å². The van der Waals surface area contributed by atoms with Crippen LogP contribution in [0.3, 0.4) is 0 Å². The van der Waals surface area contributed by atoms with Crippen LogP contribution in [-0.4, -0.2) is 31.9 Å². The Hall–Kier alpha value is -0.670. The number of para-hydroxylation sites is 1. The predicted octanol–water partition coefficient (Wildman–Crippen LogP) is 2.21. The zero-order chi connectivity index (χ0) is 10.8. The van der Waals surface area contributed by atoms with Gasteiger partial charge in [-0.1, -0.05) is 12.1 Å². The summed E-state index contributed by atoms with van der Waals surface area (Å²) in [5, 5.41) is 3.91. The summed E-state index contributed by atoms with van der Waals surface area (Å²) in [4.78, 5) is 3.78. The molecular formula is C12H18N2S. The topological polar surface area (TPSA) is 15.3 Å². The van der Waals surface area contributed by atoms with Crippen molar-refractivity contribution in [3.05, 3.63) is 24.3 Å². The first-order valence-corrected chi connectivity index (χ1v) is 6.25. The number of hydrogen-bond acceptors (Lipinski definition) is 3. The van der Waals surface area contributed by atoms with E-state index in [0.717, 1.165) is 6.54 Å². The molecule has 1 aromatic carbocycles. The molecule has 1 heterocycles. The summed E-state index contributed by atoms with van der Waals surface area (Å²) in [6.45, 7) is 3.36. The minimum atomic E-state index is 0.581. The molecule has 1 aromatic rings. The number of thioether (sulfide) groups is 1. The standard InChI is InChI=1S/C12H18N2S/c1-9-12(8-13-2)15-11-7-5-4-6-10(11)14(9)3/h4-7,9,12-13H,8H2,1-3H3. The molecule has 3 heteroatoms. The molecule has 2 nitrogen and oxygen atoms in total. The maximum absolute atomic E-state index is 3.27. The van der Waals surface area contributed by atoms with Crippen LogP contribution in [0.15, 0.2) is 29.2 Å². The van der Waals surface area contributed by atoms with E-state index in [1.807, 2.05) is 18.8 Å². The Labute approximate surface area is 96.0 Å². The summed E-state index contributed by atoms with van der Waals surface area (Å²) in [6, 6.07) is 9.23. The van der Waals surface area contributed by atoms with E-state index >= 15 is 0 Å². The number of nitrogens with one attached hydrogen (secondary N) is 1. The van der Waals surface area contributed by atoms with Gasteiger partial charge in [-0.3, -0.25) is 0 Å². The molecule has 0 amide bonds. The molecule has 0 bridgehead atoms. The lowest BCUT2D eigenvalue weighted by molar-refractivity contribution is 0.603. The maximum Gasteiger partial charge on any atom is 0.0504 e. The number of fused-ring (bicyclic) bond motifs is 1. The lowest BCUT2D eigenvalue weighted by Gasteiger charge is -2.39. The van der Waals surface area contributed by atoms with Gasteiger partial charge in [-0.25, -0.2) is 0 Å². The first-order valence-electron chi connectivity index (χ1n) is 5.37. The van der Waals surface area contributed by atoms with Gasteiger partial charge in [-0.2, -0.15) is 0 Å². The van der Waals surface area contributed by atoms with Crippen molar-refractivity contribution in [2.75, 3.05) is 25.5 Å². The van der Waals surface area contributed by atoms with Gasteiger partial charge in [0.2, 0.25) is 0 Å². The van der Waals surface area contributed by atoms with Crippen molar-refractivity contribution in [1.82, 2.24) is 5.32 Å². The number of rotatable bonds is 2. The summed E-state index contributed by atoms with van der Waals surface area (Å²) in [6.07, 6.45) is 0. The van der Waals surface area contributed by atoms with Crippen LogP contribution in [0, 0.1) is 0 Å². The van der Waals surface area contributed by atoms with Crippen molar-refractivity contribution in [2.45, 2.75) is 23.1 Å².